The van der Waals surface area contributed by atoms with Gasteiger partial charge in [-0.25, -0.2) is 0 Å². The van der Waals surface area contributed by atoms with Crippen molar-refractivity contribution in [2.75, 3.05) is 6.54 Å². The number of rotatable bonds is 10. The van der Waals surface area contributed by atoms with Gasteiger partial charge in [0, 0.05) is 24.7 Å². The van der Waals surface area contributed by atoms with Crippen LogP contribution in [0.15, 0.2) is 54.3 Å². The average Bonchev–Trinajstić information content (AvgIpc) is 3.27. The molecule has 0 aliphatic carbocycles. The number of likely N-dealkylation sites (tertiary alicyclic amines) is 1. The van der Waals surface area contributed by atoms with Crippen molar-refractivity contribution in [3.63, 3.8) is 0 Å². The summed E-state index contributed by atoms with van der Waals surface area (Å²) in [7, 11) is 0. The molecule has 1 aromatic carbocycles. The maximum atomic E-state index is 13.1. The van der Waals surface area contributed by atoms with E-state index in [-0.39, 0.29) is 61.4 Å². The smallest absolute Gasteiger partial charge is 0.256 e. The van der Waals surface area contributed by atoms with Gasteiger partial charge in [-0.3, -0.25) is 9.59 Å². The van der Waals surface area contributed by atoms with Gasteiger partial charge in [0.15, 0.2) is 0 Å². The molecule has 3 rings (SSSR count). The Hall–Kier alpha value is -1.90. The molecular weight excluding hydrogens is 497 g/mol. The molecule has 0 aromatic heterocycles. The van der Waals surface area contributed by atoms with Crippen LogP contribution in [0.1, 0.15) is 50.6 Å². The van der Waals surface area contributed by atoms with E-state index in [2.05, 4.69) is 4.99 Å². The van der Waals surface area contributed by atoms with Gasteiger partial charge < -0.3 is 33.7 Å². The first kappa shape index (κ1) is 32.1. The molecule has 1 aromatic rings. The molecule has 1 saturated heterocycles. The second-order valence-electron chi connectivity index (χ2n) is 8.32. The standard InChI is InChI=1S/C24H33N5O2.3ClH/c1-18(25)12-13-21(26)24(31)28-15-7-11-23(28)29(17-30)22(19-8-3-2-4-9-19)16-20-10-5-6-14-27-20;;;/h2-6,8-10,14,17-18,21-23H,7,11-13,15-16,25-26H2,1H3;3*1H/q+1;;;/p-1/t18?,21-,22-,23?;;;/m0.../s1. The maximum Gasteiger partial charge on any atom is 0.256 e. The molecule has 2 aliphatic rings. The molecule has 0 spiro atoms. The maximum absolute atomic E-state index is 13.1. The minimum absolute atomic E-state index is 0. The lowest BCUT2D eigenvalue weighted by molar-refractivity contribution is -0.141. The van der Waals surface area contributed by atoms with Gasteiger partial charge in [0.25, 0.3) is 5.70 Å². The monoisotopic (exact) mass is 530 g/mol. The Bertz CT molecular complexity index is 848. The van der Waals surface area contributed by atoms with Crippen LogP contribution in [0.25, 0.3) is 0 Å². The molecule has 4 atom stereocenters. The van der Waals surface area contributed by atoms with E-state index >= 15 is 0 Å². The van der Waals surface area contributed by atoms with Gasteiger partial charge in [-0.1, -0.05) is 30.3 Å². The van der Waals surface area contributed by atoms with Gasteiger partial charge in [-0.15, -0.1) is 24.8 Å². The van der Waals surface area contributed by atoms with E-state index in [1.54, 1.807) is 16.0 Å². The minimum Gasteiger partial charge on any atom is -1.00 e. The van der Waals surface area contributed by atoms with E-state index in [4.69, 9.17) is 11.5 Å². The molecule has 2 amide bonds. The van der Waals surface area contributed by atoms with Crippen LogP contribution in [0.2, 0.25) is 0 Å². The summed E-state index contributed by atoms with van der Waals surface area (Å²) < 4.78 is 0. The third kappa shape index (κ3) is 8.40. The Kier molecular flexibility index (Phi) is 15.0. The Balaban J connectivity index is 0.00000363. The first-order valence-corrected chi connectivity index (χ1v) is 11.0. The Morgan fingerprint density at radius 3 is 2.50 bits per heavy atom. The number of nitrogens with two attached hydrogens (primary N) is 2. The third-order valence-corrected chi connectivity index (χ3v) is 5.89. The number of carbonyl (C=O) groups excluding carboxylic acids is 2. The number of hydrogen-bond donors (Lipinski definition) is 2. The Morgan fingerprint density at radius 2 is 1.91 bits per heavy atom. The molecule has 0 saturated carbocycles. The van der Waals surface area contributed by atoms with Crippen LogP contribution in [-0.2, 0) is 9.59 Å². The molecule has 189 valence electrons. The SMILES string of the molecule is CC(N)CC[C@H](N)C(=O)N1CCCC1N(C=O)[C@@H](CC1=CC=CC=[N+]1)c1ccccc1.Cl.Cl.[Cl-]. The predicted molar refractivity (Wildman–Crippen MR) is 137 cm³/mol. The van der Waals surface area contributed by atoms with Gasteiger partial charge in [0.05, 0.1) is 23.5 Å². The molecule has 34 heavy (non-hydrogen) atoms. The number of hydrogen-bond acceptors (Lipinski definition) is 5. The highest BCUT2D eigenvalue weighted by molar-refractivity contribution is 5.85. The molecule has 2 aliphatic heterocycles. The van der Waals surface area contributed by atoms with Crippen LogP contribution in [0.4, 0.5) is 0 Å². The second kappa shape index (κ2) is 15.9. The summed E-state index contributed by atoms with van der Waals surface area (Å²) in [6.45, 7) is 2.51. The molecule has 1 fully saturated rings. The number of carbonyl (C=O) groups is 2. The number of nitrogens with zero attached hydrogens (tertiary/aromatic N) is 3. The number of amides is 2. The highest BCUT2D eigenvalue weighted by Gasteiger charge is 2.39. The van der Waals surface area contributed by atoms with Crippen molar-refractivity contribution >= 4 is 43.3 Å². The number of benzene rings is 1. The largest absolute Gasteiger partial charge is 1.00 e. The van der Waals surface area contributed by atoms with Crippen LogP contribution < -0.4 is 28.9 Å². The average molecular weight is 532 g/mol. The van der Waals surface area contributed by atoms with E-state index in [0.29, 0.717) is 25.8 Å². The highest BCUT2D eigenvalue weighted by Crippen LogP contribution is 2.33. The van der Waals surface area contributed by atoms with Crippen molar-refractivity contribution in [1.82, 2.24) is 14.8 Å². The normalized spacial score (nSPS) is 19.0. The molecule has 2 unspecified atom stereocenters. The predicted octanol–water partition coefficient (Wildman–Crippen LogP) is -0.313. The zero-order valence-corrected chi connectivity index (χ0v) is 21.7. The van der Waals surface area contributed by atoms with Gasteiger partial charge >= 0.3 is 0 Å². The lowest BCUT2D eigenvalue weighted by Crippen LogP contribution is -3.00. The summed E-state index contributed by atoms with van der Waals surface area (Å²) in [5.74, 6) is -0.111. The zero-order chi connectivity index (χ0) is 22.2. The molecule has 10 heteroatoms. The number of aliphatic imine (C=N–C) groups is 1. The second-order valence-corrected chi connectivity index (χ2v) is 8.32. The van der Waals surface area contributed by atoms with E-state index in [1.807, 2.05) is 55.5 Å². The summed E-state index contributed by atoms with van der Waals surface area (Å²) in [5.41, 5.74) is 13.9. The third-order valence-electron chi connectivity index (χ3n) is 5.89. The molecule has 0 bridgehead atoms. The minimum atomic E-state index is -0.605. The van der Waals surface area contributed by atoms with Crippen molar-refractivity contribution in [3.05, 3.63) is 59.8 Å². The summed E-state index contributed by atoms with van der Waals surface area (Å²) in [5, 5.41) is 0. The zero-order valence-electron chi connectivity index (χ0n) is 19.3. The molecule has 1 radical (unpaired) electrons. The van der Waals surface area contributed by atoms with Gasteiger partial charge in [0.1, 0.15) is 6.17 Å². The lowest BCUT2D eigenvalue weighted by Gasteiger charge is -2.38. The Labute approximate surface area is 220 Å². The van der Waals surface area contributed by atoms with Gasteiger partial charge in [0.2, 0.25) is 18.5 Å². The van der Waals surface area contributed by atoms with Crippen LogP contribution in [-0.4, -0.2) is 53.1 Å². The fraction of sp³-hybridized carbons (Fsp3) is 0.458. The lowest BCUT2D eigenvalue weighted by atomic mass is 9.99. The van der Waals surface area contributed by atoms with Gasteiger partial charge in [-0.2, -0.15) is 0 Å². The molecule has 7 nitrogen and oxygen atoms in total. The van der Waals surface area contributed by atoms with E-state index in [9.17, 15) is 9.59 Å². The quantitative estimate of drug-likeness (QED) is 0.404. The van der Waals surface area contributed by atoms with Gasteiger partial charge in [-0.05, 0) is 44.2 Å². The van der Waals surface area contributed by atoms with Crippen molar-refractivity contribution in [1.29, 1.82) is 0 Å². The molecule has 4 N–H and O–H groups in total. The molecular formula is C24H35Cl3N5O2. The first-order chi connectivity index (χ1) is 15.0. The van der Waals surface area contributed by atoms with E-state index < -0.39 is 6.04 Å². The highest BCUT2D eigenvalue weighted by atomic mass is 35.5. The fourth-order valence-corrected chi connectivity index (χ4v) is 4.23. The van der Waals surface area contributed by atoms with Crippen LogP contribution in [0, 0.1) is 0 Å². The summed E-state index contributed by atoms with van der Waals surface area (Å²) in [6, 6.07) is 9.07. The van der Waals surface area contributed by atoms with Crippen LogP contribution >= 0.6 is 24.8 Å². The first-order valence-electron chi connectivity index (χ1n) is 11.0. The van der Waals surface area contributed by atoms with E-state index in [1.165, 1.54) is 0 Å². The van der Waals surface area contributed by atoms with Crippen molar-refractivity contribution < 1.29 is 22.0 Å². The van der Waals surface area contributed by atoms with Crippen molar-refractivity contribution in [2.45, 2.75) is 63.3 Å². The Morgan fingerprint density at radius 1 is 1.21 bits per heavy atom. The summed E-state index contributed by atoms with van der Waals surface area (Å²) in [4.78, 5) is 33.5. The van der Waals surface area contributed by atoms with Crippen molar-refractivity contribution in [2.24, 2.45) is 11.5 Å². The number of halogens is 3. The molecule has 2 heterocycles. The topological polar surface area (TPSA) is 107 Å². The summed E-state index contributed by atoms with van der Waals surface area (Å²) in [6.07, 6.45) is 11.4. The number of allylic oxidation sites excluding steroid dienone is 3. The van der Waals surface area contributed by atoms with Crippen LogP contribution in [0.5, 0.6) is 0 Å². The van der Waals surface area contributed by atoms with Crippen molar-refractivity contribution in [3.8, 4) is 0 Å². The van der Waals surface area contributed by atoms with Crippen LogP contribution in [0.3, 0.4) is 0 Å². The van der Waals surface area contributed by atoms with E-state index in [0.717, 1.165) is 30.5 Å². The fourth-order valence-electron chi connectivity index (χ4n) is 4.23. The summed E-state index contributed by atoms with van der Waals surface area (Å²) >= 11 is 0.